The van der Waals surface area contributed by atoms with Gasteiger partial charge in [0.25, 0.3) is 5.91 Å². The van der Waals surface area contributed by atoms with E-state index in [1.54, 1.807) is 49.4 Å². The fourth-order valence-electron chi connectivity index (χ4n) is 3.90. The number of hydrogen-bond donors (Lipinski definition) is 2. The molecule has 2 aromatic heterocycles. The first-order valence-corrected chi connectivity index (χ1v) is 10.4. The summed E-state index contributed by atoms with van der Waals surface area (Å²) in [5.41, 5.74) is 1.72. The molecule has 3 aromatic rings. The molecule has 1 aliphatic heterocycles. The molecule has 4 rings (SSSR count). The van der Waals surface area contributed by atoms with Crippen LogP contribution in [0.5, 0.6) is 11.6 Å². The number of aromatic nitrogens is 1. The number of aliphatic hydroxyl groups is 1. The van der Waals surface area contributed by atoms with Crippen molar-refractivity contribution < 1.29 is 28.6 Å². The predicted molar refractivity (Wildman–Crippen MR) is 116 cm³/mol. The second-order valence-corrected chi connectivity index (χ2v) is 7.52. The largest absolute Gasteiger partial charge is 0.489 e. The molecule has 32 heavy (non-hydrogen) atoms. The third kappa shape index (κ3) is 4.24. The van der Waals surface area contributed by atoms with Crippen LogP contribution in [0.2, 0.25) is 0 Å². The van der Waals surface area contributed by atoms with Gasteiger partial charge in [0.1, 0.15) is 29.7 Å². The van der Waals surface area contributed by atoms with Crippen LogP contribution in [0, 0.1) is 6.92 Å². The van der Waals surface area contributed by atoms with Gasteiger partial charge in [0.2, 0.25) is 11.8 Å². The van der Waals surface area contributed by atoms with Gasteiger partial charge in [-0.3, -0.25) is 9.59 Å². The number of hydrogen-bond acceptors (Lipinski definition) is 7. The van der Waals surface area contributed by atoms with Crippen molar-refractivity contribution in [3.63, 3.8) is 0 Å². The van der Waals surface area contributed by atoms with Gasteiger partial charge in [-0.1, -0.05) is 0 Å². The normalized spacial score (nSPS) is 15.9. The van der Waals surface area contributed by atoms with Gasteiger partial charge in [0.05, 0.1) is 24.8 Å². The number of amides is 2. The van der Waals surface area contributed by atoms with Crippen LogP contribution in [0.15, 0.2) is 40.9 Å². The zero-order chi connectivity index (χ0) is 22.7. The molecule has 2 amide bonds. The van der Waals surface area contributed by atoms with Gasteiger partial charge in [-0.25, -0.2) is 4.98 Å². The highest BCUT2D eigenvalue weighted by molar-refractivity contribution is 6.08. The van der Waals surface area contributed by atoms with Crippen LogP contribution in [0.25, 0.3) is 11.0 Å². The first kappa shape index (κ1) is 21.6. The minimum Gasteiger partial charge on any atom is -0.489 e. The van der Waals surface area contributed by atoms with Crippen molar-refractivity contribution in [3.8, 4) is 11.6 Å². The summed E-state index contributed by atoms with van der Waals surface area (Å²) in [6.07, 6.45) is 2.15. The second kappa shape index (κ2) is 9.27. The summed E-state index contributed by atoms with van der Waals surface area (Å²) in [7, 11) is 1.55. The SMILES string of the molecule is COc1ncccc1COc1ccc2oc(C)c(C(=O)NC3CCN(CCO)C3=O)c2c1. The molecule has 1 aromatic carbocycles. The quantitative estimate of drug-likeness (QED) is 0.552. The van der Waals surface area contributed by atoms with E-state index in [-0.39, 0.29) is 31.6 Å². The third-order valence-electron chi connectivity index (χ3n) is 5.47. The lowest BCUT2D eigenvalue weighted by Crippen LogP contribution is -2.42. The minimum absolute atomic E-state index is 0.106. The molecule has 0 bridgehead atoms. The number of fused-ring (bicyclic) bond motifs is 1. The summed E-state index contributed by atoms with van der Waals surface area (Å²) in [4.78, 5) is 31.1. The maximum absolute atomic E-state index is 13.0. The second-order valence-electron chi connectivity index (χ2n) is 7.52. The van der Waals surface area contributed by atoms with Crippen LogP contribution >= 0.6 is 0 Å². The van der Waals surface area contributed by atoms with Crippen LogP contribution in [0.1, 0.15) is 28.1 Å². The number of nitrogens with zero attached hydrogens (tertiary/aromatic N) is 2. The van der Waals surface area contributed by atoms with Gasteiger partial charge in [-0.05, 0) is 43.7 Å². The van der Waals surface area contributed by atoms with E-state index in [4.69, 9.17) is 19.0 Å². The van der Waals surface area contributed by atoms with Crippen LogP contribution < -0.4 is 14.8 Å². The summed E-state index contributed by atoms with van der Waals surface area (Å²) < 4.78 is 16.9. The third-order valence-corrected chi connectivity index (χ3v) is 5.47. The Kier molecular flexibility index (Phi) is 6.27. The van der Waals surface area contributed by atoms with Gasteiger partial charge in [0, 0.05) is 24.7 Å². The standard InChI is InChI=1S/C23H25N3O6/c1-14-20(21(28)25-18-7-9-26(10-11-27)23(18)29)17-12-16(5-6-19(17)32-14)31-13-15-4-3-8-24-22(15)30-2/h3-6,8,12,18,27H,7,9-11,13H2,1-2H3,(H,25,28). The van der Waals surface area contributed by atoms with Crippen molar-refractivity contribution in [2.24, 2.45) is 0 Å². The molecular weight excluding hydrogens is 414 g/mol. The van der Waals surface area contributed by atoms with Gasteiger partial charge in [-0.2, -0.15) is 0 Å². The molecule has 1 saturated heterocycles. The molecule has 0 aliphatic carbocycles. The van der Waals surface area contributed by atoms with E-state index in [2.05, 4.69) is 10.3 Å². The van der Waals surface area contributed by atoms with Crippen molar-refractivity contribution in [2.45, 2.75) is 26.0 Å². The number of aryl methyl sites for hydroxylation is 1. The van der Waals surface area contributed by atoms with Crippen molar-refractivity contribution in [2.75, 3.05) is 26.8 Å². The summed E-state index contributed by atoms with van der Waals surface area (Å²) in [5.74, 6) is 0.943. The zero-order valence-electron chi connectivity index (χ0n) is 18.0. The average Bonchev–Trinajstić information content (AvgIpc) is 3.31. The van der Waals surface area contributed by atoms with Gasteiger partial charge < -0.3 is 29.2 Å². The van der Waals surface area contributed by atoms with Crippen LogP contribution in [0.4, 0.5) is 0 Å². The number of nitrogens with one attached hydrogen (secondary N) is 1. The predicted octanol–water partition coefficient (Wildman–Crippen LogP) is 2.05. The van der Waals surface area contributed by atoms with E-state index in [0.29, 0.717) is 46.9 Å². The molecule has 1 aliphatic rings. The lowest BCUT2D eigenvalue weighted by Gasteiger charge is -2.15. The number of furan rings is 1. The van der Waals surface area contributed by atoms with E-state index < -0.39 is 6.04 Å². The van der Waals surface area contributed by atoms with E-state index in [0.717, 1.165) is 5.56 Å². The molecule has 1 atom stereocenters. The number of benzene rings is 1. The number of carbonyl (C=O) groups excluding carboxylic acids is 2. The lowest BCUT2D eigenvalue weighted by molar-refractivity contribution is -0.129. The van der Waals surface area contributed by atoms with Crippen molar-refractivity contribution in [1.82, 2.24) is 15.2 Å². The Labute approximate surface area is 184 Å². The molecule has 1 fully saturated rings. The number of carbonyl (C=O) groups is 2. The molecule has 9 nitrogen and oxygen atoms in total. The van der Waals surface area contributed by atoms with Gasteiger partial charge in [0.15, 0.2) is 0 Å². The molecule has 0 saturated carbocycles. The smallest absolute Gasteiger partial charge is 0.256 e. The maximum Gasteiger partial charge on any atom is 0.256 e. The number of pyridine rings is 1. The van der Waals surface area contributed by atoms with E-state index in [1.807, 2.05) is 6.07 Å². The summed E-state index contributed by atoms with van der Waals surface area (Å²) in [6, 6.07) is 8.32. The number of aliphatic hydroxyl groups excluding tert-OH is 1. The van der Waals surface area contributed by atoms with Crippen LogP contribution in [-0.4, -0.2) is 59.7 Å². The zero-order valence-corrected chi connectivity index (χ0v) is 18.0. The monoisotopic (exact) mass is 439 g/mol. The molecule has 0 spiro atoms. The van der Waals surface area contributed by atoms with E-state index in [9.17, 15) is 9.59 Å². The Morgan fingerprint density at radius 2 is 2.22 bits per heavy atom. The Morgan fingerprint density at radius 3 is 3.00 bits per heavy atom. The average molecular weight is 439 g/mol. The van der Waals surface area contributed by atoms with Crippen LogP contribution in [0.3, 0.4) is 0 Å². The lowest BCUT2D eigenvalue weighted by atomic mass is 10.1. The van der Waals surface area contributed by atoms with Crippen LogP contribution in [-0.2, 0) is 11.4 Å². The molecule has 3 heterocycles. The first-order valence-electron chi connectivity index (χ1n) is 10.4. The Bertz CT molecular complexity index is 1140. The van der Waals surface area contributed by atoms with Crippen molar-refractivity contribution in [3.05, 3.63) is 53.4 Å². The van der Waals surface area contributed by atoms with Gasteiger partial charge >= 0.3 is 0 Å². The summed E-state index contributed by atoms with van der Waals surface area (Å²) >= 11 is 0. The van der Waals surface area contributed by atoms with E-state index >= 15 is 0 Å². The Hall–Kier alpha value is -3.59. The number of methoxy groups -OCH3 is 1. The Balaban J connectivity index is 1.53. The number of rotatable bonds is 8. The van der Waals surface area contributed by atoms with Crippen molar-refractivity contribution in [1.29, 1.82) is 0 Å². The molecule has 0 radical (unpaired) electrons. The first-order chi connectivity index (χ1) is 15.5. The molecule has 2 N–H and O–H groups in total. The molecule has 9 heteroatoms. The molecule has 168 valence electrons. The molecule has 1 unspecified atom stereocenters. The highest BCUT2D eigenvalue weighted by Crippen LogP contribution is 2.30. The number of β-amino-alcohol motifs (C(OH)–C–C–N with tert-alkyl or cyclic N) is 1. The fourth-order valence-corrected chi connectivity index (χ4v) is 3.90. The fraction of sp³-hybridized carbons (Fsp3) is 0.348. The maximum atomic E-state index is 13.0. The van der Waals surface area contributed by atoms with E-state index in [1.165, 1.54) is 0 Å². The topological polar surface area (TPSA) is 114 Å². The number of likely N-dealkylation sites (tertiary alicyclic amines) is 1. The highest BCUT2D eigenvalue weighted by Gasteiger charge is 2.33. The van der Waals surface area contributed by atoms with Gasteiger partial charge in [-0.15, -0.1) is 0 Å². The summed E-state index contributed by atoms with van der Waals surface area (Å²) in [6.45, 7) is 2.63. The minimum atomic E-state index is -0.615. The van der Waals surface area contributed by atoms with Crippen molar-refractivity contribution >= 4 is 22.8 Å². The Morgan fingerprint density at radius 1 is 1.38 bits per heavy atom. The molecular formula is C23H25N3O6. The summed E-state index contributed by atoms with van der Waals surface area (Å²) in [5, 5.41) is 12.5. The highest BCUT2D eigenvalue weighted by atomic mass is 16.5. The number of ether oxygens (including phenoxy) is 2.